The van der Waals surface area contributed by atoms with Crippen molar-refractivity contribution in [3.63, 3.8) is 0 Å². The smallest absolute Gasteiger partial charge is 0.344 e. The third-order valence-corrected chi connectivity index (χ3v) is 3.95. The molecular formula is C12H20N4O2S. The van der Waals surface area contributed by atoms with E-state index >= 15 is 0 Å². The number of hydrogen-bond acceptors (Lipinski definition) is 7. The number of hydrogen-bond donors (Lipinski definition) is 2. The number of carbonyl (C=O) groups is 1. The molecular weight excluding hydrogens is 264 g/mol. The molecule has 1 aliphatic heterocycles. The Hall–Kier alpha value is -1.34. The Labute approximate surface area is 117 Å². The lowest BCUT2D eigenvalue weighted by molar-refractivity contribution is 0.0529. The van der Waals surface area contributed by atoms with Gasteiger partial charge < -0.3 is 20.7 Å². The average molecular weight is 284 g/mol. The lowest BCUT2D eigenvalue weighted by Crippen LogP contribution is -2.39. The van der Waals surface area contributed by atoms with Crippen molar-refractivity contribution < 1.29 is 9.53 Å². The van der Waals surface area contributed by atoms with Crippen LogP contribution >= 0.6 is 11.5 Å². The van der Waals surface area contributed by atoms with Crippen molar-refractivity contribution in [2.75, 3.05) is 37.8 Å². The van der Waals surface area contributed by atoms with Crippen molar-refractivity contribution in [1.82, 2.24) is 9.27 Å². The minimum Gasteiger partial charge on any atom is -0.462 e. The predicted octanol–water partition coefficient (Wildman–Crippen LogP) is 1.41. The van der Waals surface area contributed by atoms with E-state index in [2.05, 4.69) is 21.6 Å². The van der Waals surface area contributed by atoms with Gasteiger partial charge in [-0.1, -0.05) is 0 Å². The van der Waals surface area contributed by atoms with Crippen LogP contribution in [-0.4, -0.2) is 48.0 Å². The zero-order valence-corrected chi connectivity index (χ0v) is 12.1. The average Bonchev–Trinajstić information content (AvgIpc) is 2.71. The topological polar surface area (TPSA) is 80.5 Å². The molecule has 1 saturated heterocycles. The fraction of sp³-hybridized carbons (Fsp3) is 0.667. The predicted molar refractivity (Wildman–Crippen MR) is 76.6 cm³/mol. The molecule has 1 aromatic rings. The highest BCUT2D eigenvalue weighted by molar-refractivity contribution is 7.11. The van der Waals surface area contributed by atoms with E-state index in [-0.39, 0.29) is 5.82 Å². The van der Waals surface area contributed by atoms with Gasteiger partial charge in [0.25, 0.3) is 0 Å². The zero-order chi connectivity index (χ0) is 13.8. The van der Waals surface area contributed by atoms with Gasteiger partial charge in [0.2, 0.25) is 0 Å². The number of rotatable bonds is 4. The van der Waals surface area contributed by atoms with Gasteiger partial charge in [-0.25, -0.2) is 4.79 Å². The van der Waals surface area contributed by atoms with Gasteiger partial charge in [0, 0.05) is 12.6 Å². The first kappa shape index (κ1) is 14.1. The molecule has 6 nitrogen and oxygen atoms in total. The van der Waals surface area contributed by atoms with E-state index in [0.29, 0.717) is 18.2 Å². The van der Waals surface area contributed by atoms with Gasteiger partial charge in [-0.15, -0.1) is 0 Å². The minimum absolute atomic E-state index is 0.245. The number of anilines is 2. The van der Waals surface area contributed by atoms with E-state index in [1.807, 2.05) is 0 Å². The van der Waals surface area contributed by atoms with Crippen LogP contribution < -0.4 is 11.1 Å². The summed E-state index contributed by atoms with van der Waals surface area (Å²) in [5.74, 6) is -0.157. The molecule has 1 aliphatic rings. The van der Waals surface area contributed by atoms with Gasteiger partial charge in [-0.3, -0.25) is 0 Å². The second kappa shape index (κ2) is 6.21. The highest BCUT2D eigenvalue weighted by atomic mass is 32.1. The number of carbonyl (C=O) groups excluding carboxylic acids is 1. The molecule has 2 rings (SSSR count). The van der Waals surface area contributed by atoms with E-state index in [0.717, 1.165) is 30.9 Å². The number of likely N-dealkylation sites (N-methyl/N-ethyl adjacent to an activating group) is 1. The Bertz CT molecular complexity index is 449. The summed E-state index contributed by atoms with van der Waals surface area (Å²) in [6.45, 7) is 4.19. The maximum Gasteiger partial charge on any atom is 0.344 e. The second-order valence-corrected chi connectivity index (χ2v) is 5.51. The molecule has 0 aromatic carbocycles. The fourth-order valence-corrected chi connectivity index (χ4v) is 3.05. The molecule has 0 bridgehead atoms. The summed E-state index contributed by atoms with van der Waals surface area (Å²) in [5.41, 5.74) is 6.13. The first-order valence-corrected chi connectivity index (χ1v) is 7.26. The third kappa shape index (κ3) is 3.36. The van der Waals surface area contributed by atoms with Gasteiger partial charge in [0.1, 0.15) is 10.6 Å². The number of nitrogens with zero attached hydrogens (tertiary/aromatic N) is 2. The second-order valence-electron chi connectivity index (χ2n) is 4.74. The van der Waals surface area contributed by atoms with Crippen molar-refractivity contribution in [2.24, 2.45) is 0 Å². The van der Waals surface area contributed by atoms with E-state index in [1.54, 1.807) is 6.92 Å². The van der Waals surface area contributed by atoms with Crippen LogP contribution in [-0.2, 0) is 4.74 Å². The normalized spacial score (nSPS) is 20.2. The lowest BCUT2D eigenvalue weighted by atomic mass is 10.1. The summed E-state index contributed by atoms with van der Waals surface area (Å²) < 4.78 is 9.06. The quantitative estimate of drug-likeness (QED) is 0.814. The van der Waals surface area contributed by atoms with Gasteiger partial charge >= 0.3 is 5.97 Å². The Morgan fingerprint density at radius 1 is 1.68 bits per heavy atom. The summed E-state index contributed by atoms with van der Waals surface area (Å²) in [6, 6.07) is 0.326. The molecule has 2 heterocycles. The van der Waals surface area contributed by atoms with Crippen LogP contribution in [0.2, 0.25) is 0 Å². The molecule has 1 aromatic heterocycles. The van der Waals surface area contributed by atoms with E-state index < -0.39 is 5.97 Å². The monoisotopic (exact) mass is 284 g/mol. The zero-order valence-electron chi connectivity index (χ0n) is 11.3. The Morgan fingerprint density at radius 2 is 2.47 bits per heavy atom. The molecule has 1 atom stereocenters. The maximum absolute atomic E-state index is 11.9. The summed E-state index contributed by atoms with van der Waals surface area (Å²) in [6.07, 6.45) is 2.24. The Kier molecular flexibility index (Phi) is 4.60. The van der Waals surface area contributed by atoms with Gasteiger partial charge in [-0.05, 0) is 44.9 Å². The van der Waals surface area contributed by atoms with Crippen molar-refractivity contribution in [3.05, 3.63) is 5.56 Å². The maximum atomic E-state index is 11.9. The molecule has 7 heteroatoms. The minimum atomic E-state index is -0.402. The van der Waals surface area contributed by atoms with Crippen molar-refractivity contribution >= 4 is 28.3 Å². The standard InChI is InChI=1S/C12H20N4O2S/c1-3-18-12(17)9-10(13)15-19-11(9)14-8-5-4-6-16(2)7-8/h8,14H,3-7H2,1-2H3,(H2,13,15). The third-order valence-electron chi connectivity index (χ3n) is 3.16. The van der Waals surface area contributed by atoms with Gasteiger partial charge in [0.05, 0.1) is 6.61 Å². The Balaban J connectivity index is 2.09. The number of ether oxygens (including phenoxy) is 1. The summed E-state index contributed by atoms with van der Waals surface area (Å²) >= 11 is 1.22. The molecule has 3 N–H and O–H groups in total. The lowest BCUT2D eigenvalue weighted by Gasteiger charge is -2.30. The summed E-state index contributed by atoms with van der Waals surface area (Å²) in [7, 11) is 2.10. The molecule has 106 valence electrons. The molecule has 1 unspecified atom stereocenters. The number of esters is 1. The molecule has 1 fully saturated rings. The van der Waals surface area contributed by atoms with Crippen LogP contribution in [0.3, 0.4) is 0 Å². The van der Waals surface area contributed by atoms with Gasteiger partial charge in [-0.2, -0.15) is 4.37 Å². The van der Waals surface area contributed by atoms with Gasteiger partial charge in [0.15, 0.2) is 5.82 Å². The summed E-state index contributed by atoms with van der Waals surface area (Å²) in [5, 5.41) is 4.09. The van der Waals surface area contributed by atoms with Crippen LogP contribution in [0.15, 0.2) is 0 Å². The highest BCUT2D eigenvalue weighted by Gasteiger charge is 2.24. The number of piperidine rings is 1. The largest absolute Gasteiger partial charge is 0.462 e. The first-order chi connectivity index (χ1) is 9.11. The number of nitrogens with two attached hydrogens (primary N) is 1. The molecule has 0 spiro atoms. The molecule has 0 amide bonds. The summed E-state index contributed by atoms with van der Waals surface area (Å²) in [4.78, 5) is 14.1. The number of nitrogens with one attached hydrogen (secondary N) is 1. The molecule has 0 saturated carbocycles. The number of likely N-dealkylation sites (tertiary alicyclic amines) is 1. The van der Waals surface area contributed by atoms with Crippen molar-refractivity contribution in [1.29, 1.82) is 0 Å². The van der Waals surface area contributed by atoms with E-state index in [4.69, 9.17) is 10.5 Å². The first-order valence-electron chi connectivity index (χ1n) is 6.49. The SMILES string of the molecule is CCOC(=O)c1c(N)nsc1NC1CCCN(C)C1. The Morgan fingerprint density at radius 3 is 3.16 bits per heavy atom. The van der Waals surface area contributed by atoms with Crippen LogP contribution in [0.4, 0.5) is 10.8 Å². The van der Waals surface area contributed by atoms with Crippen LogP contribution in [0, 0.1) is 0 Å². The number of aromatic nitrogens is 1. The molecule has 19 heavy (non-hydrogen) atoms. The fourth-order valence-electron chi connectivity index (χ4n) is 2.27. The van der Waals surface area contributed by atoms with Crippen LogP contribution in [0.25, 0.3) is 0 Å². The van der Waals surface area contributed by atoms with Crippen LogP contribution in [0.5, 0.6) is 0 Å². The van der Waals surface area contributed by atoms with E-state index in [1.165, 1.54) is 11.5 Å². The van der Waals surface area contributed by atoms with Crippen molar-refractivity contribution in [3.8, 4) is 0 Å². The van der Waals surface area contributed by atoms with E-state index in [9.17, 15) is 4.79 Å². The highest BCUT2D eigenvalue weighted by Crippen LogP contribution is 2.29. The molecule has 0 aliphatic carbocycles. The van der Waals surface area contributed by atoms with Crippen molar-refractivity contribution in [2.45, 2.75) is 25.8 Å². The number of nitrogen functional groups attached to an aromatic ring is 1. The molecule has 0 radical (unpaired) electrons. The van der Waals surface area contributed by atoms with Crippen LogP contribution in [0.1, 0.15) is 30.1 Å².